The Morgan fingerprint density at radius 1 is 0.780 bits per heavy atom. The molecule has 5 heteroatoms. The van der Waals surface area contributed by atoms with Crippen LogP contribution in [0.5, 0.6) is 17.2 Å². The molecule has 218 valence electrons. The lowest BCUT2D eigenvalue weighted by atomic mass is 9.97. The van der Waals surface area contributed by atoms with Crippen LogP contribution in [0.15, 0.2) is 60.7 Å². The molecule has 1 fully saturated rings. The first-order chi connectivity index (χ1) is 20.1. The fraction of sp³-hybridized carbons (Fsp3) is 0.444. The number of allylic oxidation sites excluding steroid dienone is 1. The summed E-state index contributed by atoms with van der Waals surface area (Å²) in [5, 5.41) is 3.81. The third kappa shape index (κ3) is 8.07. The fourth-order valence-electron chi connectivity index (χ4n) is 6.10. The van der Waals surface area contributed by atoms with Crippen LogP contribution in [-0.2, 0) is 12.8 Å². The number of hydrogen-bond donors (Lipinski definition) is 1. The van der Waals surface area contributed by atoms with Gasteiger partial charge in [0.05, 0.1) is 14.2 Å². The average molecular weight is 555 g/mol. The highest BCUT2D eigenvalue weighted by Gasteiger charge is 2.16. The molecule has 3 aromatic rings. The van der Waals surface area contributed by atoms with Gasteiger partial charge in [-0.25, -0.2) is 0 Å². The molecule has 1 heterocycles. The minimum Gasteiger partial charge on any atom is -0.497 e. The predicted octanol–water partition coefficient (Wildman–Crippen LogP) is 7.88. The number of aryl methyl sites for hydroxylation is 1. The van der Waals surface area contributed by atoms with Crippen molar-refractivity contribution in [1.82, 2.24) is 4.90 Å². The summed E-state index contributed by atoms with van der Waals surface area (Å²) >= 11 is 0. The predicted molar refractivity (Wildman–Crippen MR) is 170 cm³/mol. The van der Waals surface area contributed by atoms with Crippen LogP contribution in [0.2, 0.25) is 0 Å². The van der Waals surface area contributed by atoms with Gasteiger partial charge in [-0.2, -0.15) is 0 Å². The largest absolute Gasteiger partial charge is 0.497 e. The van der Waals surface area contributed by atoms with E-state index >= 15 is 0 Å². The van der Waals surface area contributed by atoms with Crippen molar-refractivity contribution < 1.29 is 14.2 Å². The maximum absolute atomic E-state index is 6.08. The second-order valence-corrected chi connectivity index (χ2v) is 11.5. The van der Waals surface area contributed by atoms with Crippen molar-refractivity contribution in [3.63, 3.8) is 0 Å². The van der Waals surface area contributed by atoms with E-state index < -0.39 is 0 Å². The normalized spacial score (nSPS) is 16.5. The lowest BCUT2D eigenvalue weighted by Crippen LogP contribution is -2.29. The molecule has 2 aliphatic rings. The number of benzene rings is 3. The number of methoxy groups -OCH3 is 2. The van der Waals surface area contributed by atoms with Gasteiger partial charge in [-0.15, -0.1) is 0 Å². The second-order valence-electron chi connectivity index (χ2n) is 11.5. The molecule has 0 saturated carbocycles. The molecule has 5 rings (SSSR count). The van der Waals surface area contributed by atoms with E-state index in [1.165, 1.54) is 66.6 Å². The van der Waals surface area contributed by atoms with E-state index in [4.69, 9.17) is 14.2 Å². The number of anilines is 1. The molecule has 0 radical (unpaired) electrons. The zero-order valence-electron chi connectivity index (χ0n) is 25.1. The summed E-state index contributed by atoms with van der Waals surface area (Å²) in [5.74, 6) is 2.75. The third-order valence-corrected chi connectivity index (χ3v) is 8.39. The summed E-state index contributed by atoms with van der Waals surface area (Å²) in [7, 11) is 3.46. The SMILES string of the molecule is COc1ccc2c(c1)CCCC(c1ccc(OC)cc1NC(C)Cc1ccc(OCCN3CCCCCC3)cc1)=C2. The molecular formula is C36H46N2O3. The molecule has 1 unspecified atom stereocenters. The van der Waals surface area contributed by atoms with Crippen LogP contribution in [0, 0.1) is 0 Å². The lowest BCUT2D eigenvalue weighted by molar-refractivity contribution is 0.214. The monoisotopic (exact) mass is 554 g/mol. The van der Waals surface area contributed by atoms with Crippen molar-refractivity contribution in [3.8, 4) is 17.2 Å². The van der Waals surface area contributed by atoms with Crippen LogP contribution in [-0.4, -0.2) is 51.4 Å². The highest BCUT2D eigenvalue weighted by Crippen LogP contribution is 2.36. The quantitative estimate of drug-likeness (QED) is 0.261. The topological polar surface area (TPSA) is 43.0 Å². The Kier molecular flexibility index (Phi) is 10.2. The van der Waals surface area contributed by atoms with Crippen LogP contribution in [0.25, 0.3) is 11.6 Å². The van der Waals surface area contributed by atoms with Gasteiger partial charge < -0.3 is 19.5 Å². The number of nitrogens with zero attached hydrogens (tertiary/aromatic N) is 1. The number of hydrogen-bond acceptors (Lipinski definition) is 5. The highest BCUT2D eigenvalue weighted by molar-refractivity contribution is 5.88. The van der Waals surface area contributed by atoms with Crippen molar-refractivity contribution in [3.05, 3.63) is 82.9 Å². The van der Waals surface area contributed by atoms with E-state index in [9.17, 15) is 0 Å². The second kappa shape index (κ2) is 14.5. The van der Waals surface area contributed by atoms with Gasteiger partial charge in [0.25, 0.3) is 0 Å². The number of ether oxygens (including phenoxy) is 3. The van der Waals surface area contributed by atoms with E-state index in [0.29, 0.717) is 0 Å². The van der Waals surface area contributed by atoms with Crippen LogP contribution in [0.3, 0.4) is 0 Å². The Bertz CT molecular complexity index is 1290. The van der Waals surface area contributed by atoms with E-state index in [1.54, 1.807) is 14.2 Å². The Morgan fingerprint density at radius 2 is 1.49 bits per heavy atom. The van der Waals surface area contributed by atoms with Crippen molar-refractivity contribution in [1.29, 1.82) is 0 Å². The molecule has 41 heavy (non-hydrogen) atoms. The van der Waals surface area contributed by atoms with Gasteiger partial charge in [-0.3, -0.25) is 4.90 Å². The molecule has 1 atom stereocenters. The van der Waals surface area contributed by atoms with Crippen LogP contribution >= 0.6 is 0 Å². The number of fused-ring (bicyclic) bond motifs is 1. The van der Waals surface area contributed by atoms with Crippen molar-refractivity contribution in [2.75, 3.05) is 45.8 Å². The molecule has 0 spiro atoms. The fourth-order valence-corrected chi connectivity index (χ4v) is 6.10. The first-order valence-corrected chi connectivity index (χ1v) is 15.4. The number of nitrogens with one attached hydrogen (secondary N) is 1. The molecule has 1 aliphatic heterocycles. The minimum atomic E-state index is 0.249. The molecular weight excluding hydrogens is 508 g/mol. The van der Waals surface area contributed by atoms with E-state index in [1.807, 2.05) is 0 Å². The Balaban J connectivity index is 1.23. The van der Waals surface area contributed by atoms with Crippen LogP contribution in [0.1, 0.15) is 67.7 Å². The summed E-state index contributed by atoms with van der Waals surface area (Å²) in [6.07, 6.45) is 11.8. The number of rotatable bonds is 11. The maximum Gasteiger partial charge on any atom is 0.120 e. The molecule has 1 aliphatic carbocycles. The van der Waals surface area contributed by atoms with Crippen molar-refractivity contribution in [2.24, 2.45) is 0 Å². The van der Waals surface area contributed by atoms with Crippen LogP contribution in [0.4, 0.5) is 5.69 Å². The van der Waals surface area contributed by atoms with Crippen LogP contribution < -0.4 is 19.5 Å². The Morgan fingerprint density at radius 3 is 2.24 bits per heavy atom. The zero-order valence-corrected chi connectivity index (χ0v) is 25.1. The standard InChI is InChI=1S/C36H46N2O3/c1-27(23-28-11-14-32(15-12-28)41-22-21-38-19-6-4-5-7-20-38)37-36-26-34(40-3)17-18-35(36)31-10-8-9-29-25-33(39-2)16-13-30(29)24-31/h11-18,24-27,37H,4-10,19-23H2,1-3H3. The van der Waals surface area contributed by atoms with Gasteiger partial charge in [0.15, 0.2) is 0 Å². The summed E-state index contributed by atoms with van der Waals surface area (Å²) < 4.78 is 17.1. The Hall–Kier alpha value is -3.44. The smallest absolute Gasteiger partial charge is 0.120 e. The molecule has 1 N–H and O–H groups in total. The van der Waals surface area contributed by atoms with E-state index in [2.05, 4.69) is 83.9 Å². The Labute approximate surface area is 246 Å². The minimum absolute atomic E-state index is 0.249. The van der Waals surface area contributed by atoms with Gasteiger partial charge in [0.2, 0.25) is 0 Å². The zero-order chi connectivity index (χ0) is 28.4. The molecule has 0 amide bonds. The van der Waals surface area contributed by atoms with Gasteiger partial charge in [0, 0.05) is 29.9 Å². The van der Waals surface area contributed by atoms with E-state index in [0.717, 1.165) is 61.8 Å². The molecule has 3 aromatic carbocycles. The van der Waals surface area contributed by atoms with Gasteiger partial charge in [0.1, 0.15) is 23.9 Å². The van der Waals surface area contributed by atoms with Gasteiger partial charge in [-0.05, 0) is 117 Å². The van der Waals surface area contributed by atoms with Crippen molar-refractivity contribution in [2.45, 2.75) is 64.3 Å². The summed E-state index contributed by atoms with van der Waals surface area (Å²) in [4.78, 5) is 2.54. The molecule has 0 bridgehead atoms. The molecule has 1 saturated heterocycles. The van der Waals surface area contributed by atoms with Gasteiger partial charge in [-0.1, -0.05) is 37.1 Å². The molecule has 5 nitrogen and oxygen atoms in total. The highest BCUT2D eigenvalue weighted by atomic mass is 16.5. The summed E-state index contributed by atoms with van der Waals surface area (Å²) in [6.45, 7) is 6.44. The number of likely N-dealkylation sites (tertiary alicyclic amines) is 1. The summed E-state index contributed by atoms with van der Waals surface area (Å²) in [6, 6.07) is 21.7. The first-order valence-electron chi connectivity index (χ1n) is 15.4. The third-order valence-electron chi connectivity index (χ3n) is 8.39. The molecule has 0 aromatic heterocycles. The van der Waals surface area contributed by atoms with Gasteiger partial charge >= 0.3 is 0 Å². The maximum atomic E-state index is 6.08. The average Bonchev–Trinajstić information content (AvgIpc) is 3.38. The van der Waals surface area contributed by atoms with E-state index in [-0.39, 0.29) is 6.04 Å². The summed E-state index contributed by atoms with van der Waals surface area (Å²) in [5.41, 5.74) is 7.65. The lowest BCUT2D eigenvalue weighted by Gasteiger charge is -2.21. The first kappa shape index (κ1) is 29.1. The van der Waals surface area contributed by atoms with Crippen molar-refractivity contribution >= 4 is 17.3 Å².